The fourth-order valence-electron chi connectivity index (χ4n) is 1.81. The number of ether oxygens (including phenoxy) is 1. The van der Waals surface area contributed by atoms with E-state index in [0.29, 0.717) is 22.5 Å². The summed E-state index contributed by atoms with van der Waals surface area (Å²) in [4.78, 5) is 12.4. The molecule has 0 atom stereocenters. The lowest BCUT2D eigenvalue weighted by molar-refractivity contribution is 0.102. The van der Waals surface area contributed by atoms with Gasteiger partial charge >= 0.3 is 0 Å². The van der Waals surface area contributed by atoms with Gasteiger partial charge in [0.25, 0.3) is 0 Å². The smallest absolute Gasteiger partial charge is 0.214 e. The van der Waals surface area contributed by atoms with E-state index in [-0.39, 0.29) is 11.3 Å². The molecule has 2 rings (SSSR count). The van der Waals surface area contributed by atoms with Crippen molar-refractivity contribution >= 4 is 21.7 Å². The minimum absolute atomic E-state index is 0.250. The van der Waals surface area contributed by atoms with Crippen LogP contribution in [0.1, 0.15) is 23.0 Å². The third-order valence-corrected chi connectivity index (χ3v) is 3.12. The van der Waals surface area contributed by atoms with Crippen molar-refractivity contribution in [1.82, 2.24) is 9.78 Å². The second kappa shape index (κ2) is 5.52. The van der Waals surface area contributed by atoms with Gasteiger partial charge in [-0.05, 0) is 25.1 Å². The third kappa shape index (κ3) is 2.68. The van der Waals surface area contributed by atoms with Gasteiger partial charge in [0.1, 0.15) is 5.82 Å². The maximum absolute atomic E-state index is 13.4. The molecular weight excluding hydrogens is 315 g/mol. The highest BCUT2D eigenvalue weighted by Crippen LogP contribution is 2.23. The molecule has 0 aliphatic heterocycles. The highest BCUT2D eigenvalue weighted by atomic mass is 79.9. The number of nitrogens with zero attached hydrogens (tertiary/aromatic N) is 2. The van der Waals surface area contributed by atoms with E-state index in [1.54, 1.807) is 6.07 Å². The van der Waals surface area contributed by atoms with Crippen LogP contribution in [0.3, 0.4) is 0 Å². The first-order valence-electron chi connectivity index (χ1n) is 5.67. The summed E-state index contributed by atoms with van der Waals surface area (Å²) >= 11 is 3.17. The number of hydrogen-bond donors (Lipinski definition) is 0. The SMILES string of the molecule is CCn1ncc(OC)c1C(=O)c1cc(F)cc(Br)c1. The highest BCUT2D eigenvalue weighted by Gasteiger charge is 2.21. The van der Waals surface area contributed by atoms with E-state index >= 15 is 0 Å². The Balaban J connectivity index is 2.52. The van der Waals surface area contributed by atoms with E-state index < -0.39 is 5.82 Å². The Kier molecular flexibility index (Phi) is 3.99. The third-order valence-electron chi connectivity index (χ3n) is 2.67. The molecule has 19 heavy (non-hydrogen) atoms. The predicted molar refractivity (Wildman–Crippen MR) is 72.0 cm³/mol. The summed E-state index contributed by atoms with van der Waals surface area (Å²) in [6.07, 6.45) is 1.48. The Labute approximate surface area is 118 Å². The molecule has 0 fully saturated rings. The first-order valence-corrected chi connectivity index (χ1v) is 6.46. The summed E-state index contributed by atoms with van der Waals surface area (Å²) in [6.45, 7) is 2.39. The normalized spacial score (nSPS) is 10.5. The van der Waals surface area contributed by atoms with Gasteiger partial charge < -0.3 is 4.74 Å². The van der Waals surface area contributed by atoms with Gasteiger partial charge in [-0.15, -0.1) is 0 Å². The Morgan fingerprint density at radius 3 is 2.79 bits per heavy atom. The molecule has 0 saturated carbocycles. The van der Waals surface area contributed by atoms with E-state index in [0.717, 1.165) is 0 Å². The molecule has 0 bridgehead atoms. The lowest BCUT2D eigenvalue weighted by Gasteiger charge is -2.07. The maximum Gasteiger partial charge on any atom is 0.214 e. The quantitative estimate of drug-likeness (QED) is 0.811. The van der Waals surface area contributed by atoms with Crippen LogP contribution in [0, 0.1) is 5.82 Å². The highest BCUT2D eigenvalue weighted by molar-refractivity contribution is 9.10. The summed E-state index contributed by atoms with van der Waals surface area (Å²) in [5.74, 6) is -0.414. The van der Waals surface area contributed by atoms with Crippen molar-refractivity contribution in [2.75, 3.05) is 7.11 Å². The molecule has 0 spiro atoms. The number of carbonyl (C=O) groups is 1. The second-order valence-electron chi connectivity index (χ2n) is 3.86. The molecule has 100 valence electrons. The van der Waals surface area contributed by atoms with Crippen LogP contribution in [0.4, 0.5) is 4.39 Å². The average molecular weight is 327 g/mol. The van der Waals surface area contributed by atoms with Crippen molar-refractivity contribution in [2.24, 2.45) is 0 Å². The summed E-state index contributed by atoms with van der Waals surface area (Å²) < 4.78 is 20.5. The monoisotopic (exact) mass is 326 g/mol. The zero-order chi connectivity index (χ0) is 14.0. The molecule has 4 nitrogen and oxygen atoms in total. The van der Waals surface area contributed by atoms with Gasteiger partial charge in [0.2, 0.25) is 5.78 Å². The average Bonchev–Trinajstić information content (AvgIpc) is 2.79. The van der Waals surface area contributed by atoms with E-state index in [1.807, 2.05) is 6.92 Å². The van der Waals surface area contributed by atoms with Crippen LogP contribution in [0.15, 0.2) is 28.9 Å². The molecule has 0 amide bonds. The predicted octanol–water partition coefficient (Wildman–Crippen LogP) is 3.04. The molecule has 1 aromatic carbocycles. The molecule has 0 unspecified atom stereocenters. The minimum Gasteiger partial charge on any atom is -0.493 e. The van der Waals surface area contributed by atoms with Crippen molar-refractivity contribution < 1.29 is 13.9 Å². The lowest BCUT2D eigenvalue weighted by atomic mass is 10.1. The van der Waals surface area contributed by atoms with E-state index in [9.17, 15) is 9.18 Å². The molecule has 0 aliphatic carbocycles. The second-order valence-corrected chi connectivity index (χ2v) is 4.78. The zero-order valence-corrected chi connectivity index (χ0v) is 12.1. The number of hydrogen-bond acceptors (Lipinski definition) is 3. The van der Waals surface area contributed by atoms with Crippen LogP contribution in [-0.4, -0.2) is 22.7 Å². The number of methoxy groups -OCH3 is 1. The number of rotatable bonds is 4. The van der Waals surface area contributed by atoms with E-state index in [2.05, 4.69) is 21.0 Å². The molecule has 1 aromatic heterocycles. The number of aromatic nitrogens is 2. The molecule has 6 heteroatoms. The van der Waals surface area contributed by atoms with Gasteiger partial charge in [-0.1, -0.05) is 15.9 Å². The van der Waals surface area contributed by atoms with E-state index in [4.69, 9.17) is 4.74 Å². The summed E-state index contributed by atoms with van der Waals surface area (Å²) in [6, 6.07) is 4.06. The number of benzene rings is 1. The molecule has 0 saturated heterocycles. The zero-order valence-electron chi connectivity index (χ0n) is 10.5. The maximum atomic E-state index is 13.4. The molecule has 0 N–H and O–H groups in total. The largest absolute Gasteiger partial charge is 0.493 e. The Morgan fingerprint density at radius 1 is 1.47 bits per heavy atom. The molecule has 1 heterocycles. The summed E-state index contributed by atoms with van der Waals surface area (Å²) in [7, 11) is 1.47. The first-order chi connectivity index (χ1) is 9.06. The molecule has 0 aliphatic rings. The van der Waals surface area contributed by atoms with Gasteiger partial charge in [0, 0.05) is 16.6 Å². The van der Waals surface area contributed by atoms with Crippen LogP contribution >= 0.6 is 15.9 Å². The van der Waals surface area contributed by atoms with Crippen molar-refractivity contribution in [3.63, 3.8) is 0 Å². The standard InChI is InChI=1S/C13H12BrFN2O2/c1-3-17-12(11(19-2)7-16-17)13(18)8-4-9(14)6-10(15)5-8/h4-7H,3H2,1-2H3. The van der Waals surface area contributed by atoms with Crippen LogP contribution < -0.4 is 4.74 Å². The Hall–Kier alpha value is -1.69. The summed E-state index contributed by atoms with van der Waals surface area (Å²) in [5.41, 5.74) is 0.572. The number of aryl methyl sites for hydroxylation is 1. The van der Waals surface area contributed by atoms with Crippen molar-refractivity contribution in [3.05, 3.63) is 45.9 Å². The fraction of sp³-hybridized carbons (Fsp3) is 0.231. The van der Waals surface area contributed by atoms with Gasteiger partial charge in [-0.3, -0.25) is 9.48 Å². The number of ketones is 1. The fourth-order valence-corrected chi connectivity index (χ4v) is 2.27. The van der Waals surface area contributed by atoms with Crippen LogP contribution in [0.25, 0.3) is 0 Å². The van der Waals surface area contributed by atoms with Gasteiger partial charge in [-0.25, -0.2) is 4.39 Å². The topological polar surface area (TPSA) is 44.1 Å². The van der Waals surface area contributed by atoms with Crippen LogP contribution in [0.5, 0.6) is 5.75 Å². The minimum atomic E-state index is -0.473. The Morgan fingerprint density at radius 2 is 2.21 bits per heavy atom. The molecule has 0 radical (unpaired) electrons. The number of halogens is 2. The first kappa shape index (κ1) is 13.7. The molecule has 2 aromatic rings. The van der Waals surface area contributed by atoms with Gasteiger partial charge in [0.05, 0.1) is 13.3 Å². The Bertz CT molecular complexity index is 583. The van der Waals surface area contributed by atoms with Crippen LogP contribution in [0.2, 0.25) is 0 Å². The molecular formula is C13H12BrFN2O2. The van der Waals surface area contributed by atoms with Crippen molar-refractivity contribution in [1.29, 1.82) is 0 Å². The summed E-state index contributed by atoms with van der Waals surface area (Å²) in [5, 5.41) is 4.06. The van der Waals surface area contributed by atoms with Crippen LogP contribution in [-0.2, 0) is 6.54 Å². The van der Waals surface area contributed by atoms with Crippen molar-refractivity contribution in [2.45, 2.75) is 13.5 Å². The van der Waals surface area contributed by atoms with Gasteiger partial charge in [-0.2, -0.15) is 5.10 Å². The van der Waals surface area contributed by atoms with E-state index in [1.165, 1.54) is 30.1 Å². The lowest BCUT2D eigenvalue weighted by Crippen LogP contribution is -2.12. The van der Waals surface area contributed by atoms with Gasteiger partial charge in [0.15, 0.2) is 11.4 Å². The number of carbonyl (C=O) groups excluding carboxylic acids is 1. The van der Waals surface area contributed by atoms with Crippen molar-refractivity contribution in [3.8, 4) is 5.75 Å².